The van der Waals surface area contributed by atoms with E-state index in [0.29, 0.717) is 11.8 Å². The molecular weight excluding hydrogens is 224 g/mol. The van der Waals surface area contributed by atoms with Crippen LogP contribution in [0.25, 0.3) is 0 Å². The van der Waals surface area contributed by atoms with Crippen molar-refractivity contribution in [1.82, 2.24) is 0 Å². The molecular formula is C16H24O2. The number of hydrogen-bond donors (Lipinski definition) is 1. The van der Waals surface area contributed by atoms with Crippen molar-refractivity contribution in [2.24, 2.45) is 11.8 Å². The van der Waals surface area contributed by atoms with Crippen LogP contribution in [0, 0.1) is 11.8 Å². The Bertz CT molecular complexity index is 365. The van der Waals surface area contributed by atoms with Crippen molar-refractivity contribution in [3.63, 3.8) is 0 Å². The van der Waals surface area contributed by atoms with Gasteiger partial charge in [0.05, 0.1) is 0 Å². The van der Waals surface area contributed by atoms with E-state index in [0.717, 1.165) is 19.3 Å². The maximum atomic E-state index is 8.96. The van der Waals surface area contributed by atoms with E-state index < -0.39 is 0 Å². The van der Waals surface area contributed by atoms with Crippen molar-refractivity contribution in [3.05, 3.63) is 35.5 Å². The van der Waals surface area contributed by atoms with Crippen molar-refractivity contribution in [2.75, 3.05) is 0 Å². The zero-order valence-electron chi connectivity index (χ0n) is 11.4. The Kier molecular flexibility index (Phi) is 4.79. The van der Waals surface area contributed by atoms with Crippen molar-refractivity contribution in [3.8, 4) is 0 Å². The summed E-state index contributed by atoms with van der Waals surface area (Å²) in [6.45, 7) is 4.31. The molecule has 0 saturated carbocycles. The number of rotatable bonds is 3. The van der Waals surface area contributed by atoms with Crippen LogP contribution in [0.5, 0.6) is 0 Å². The highest BCUT2D eigenvalue weighted by Crippen LogP contribution is 2.29. The van der Waals surface area contributed by atoms with Gasteiger partial charge < -0.3 is 0 Å². The molecule has 2 aliphatic rings. The zero-order chi connectivity index (χ0) is 13.0. The number of allylic oxidation sites excluding steroid dienone is 4. The summed E-state index contributed by atoms with van der Waals surface area (Å²) < 4.78 is 0. The second-order valence-corrected chi connectivity index (χ2v) is 5.76. The van der Waals surface area contributed by atoms with Crippen molar-refractivity contribution in [2.45, 2.75) is 52.1 Å². The molecule has 0 aromatic heterocycles. The Morgan fingerprint density at radius 1 is 1.17 bits per heavy atom. The van der Waals surface area contributed by atoms with Gasteiger partial charge in [-0.15, -0.1) is 0 Å². The topological polar surface area (TPSA) is 29.5 Å². The molecule has 0 amide bonds. The van der Waals surface area contributed by atoms with E-state index >= 15 is 0 Å². The second-order valence-electron chi connectivity index (χ2n) is 5.76. The molecule has 0 aromatic rings. The first-order valence-corrected chi connectivity index (χ1v) is 7.00. The van der Waals surface area contributed by atoms with Crippen molar-refractivity contribution >= 4 is 0 Å². The van der Waals surface area contributed by atoms with Gasteiger partial charge in [-0.3, -0.25) is 5.26 Å². The van der Waals surface area contributed by atoms with E-state index in [4.69, 9.17) is 5.26 Å². The summed E-state index contributed by atoms with van der Waals surface area (Å²) in [6.07, 6.45) is 14.6. The van der Waals surface area contributed by atoms with E-state index in [-0.39, 0.29) is 6.10 Å². The van der Waals surface area contributed by atoms with Gasteiger partial charge in [-0.25, -0.2) is 4.89 Å². The Hall–Kier alpha value is -0.860. The maximum absolute atomic E-state index is 8.96. The minimum Gasteiger partial charge on any atom is -0.251 e. The molecule has 0 saturated heterocycles. The van der Waals surface area contributed by atoms with Crippen LogP contribution >= 0.6 is 0 Å². The zero-order valence-corrected chi connectivity index (χ0v) is 11.4. The minimum atomic E-state index is -0.157. The molecule has 18 heavy (non-hydrogen) atoms. The van der Waals surface area contributed by atoms with Crippen LogP contribution in [0.1, 0.15) is 46.0 Å². The molecule has 100 valence electrons. The monoisotopic (exact) mass is 248 g/mol. The SMILES string of the molecule is CC1=CCC(C=CC2CCC(C)=CC2OO)CC1. The van der Waals surface area contributed by atoms with Crippen LogP contribution in [0.3, 0.4) is 0 Å². The van der Waals surface area contributed by atoms with E-state index in [2.05, 4.69) is 37.0 Å². The predicted octanol–water partition coefficient (Wildman–Crippen LogP) is 4.50. The summed E-state index contributed by atoms with van der Waals surface area (Å²) in [6, 6.07) is 0. The van der Waals surface area contributed by atoms with Crippen LogP contribution in [0.15, 0.2) is 35.5 Å². The Morgan fingerprint density at radius 3 is 2.61 bits per heavy atom. The lowest BCUT2D eigenvalue weighted by Gasteiger charge is -2.25. The standard InChI is InChI=1S/C16H24O2/c1-12-3-6-14(7-4-12)8-10-15-9-5-13(2)11-16(15)18-17/h3,8,10-11,14-17H,4-7,9H2,1-2H3. The largest absolute Gasteiger partial charge is 0.251 e. The van der Waals surface area contributed by atoms with Crippen molar-refractivity contribution in [1.29, 1.82) is 0 Å². The summed E-state index contributed by atoms with van der Waals surface area (Å²) in [5.41, 5.74) is 2.84. The van der Waals surface area contributed by atoms with Gasteiger partial charge in [0.15, 0.2) is 0 Å². The lowest BCUT2D eigenvalue weighted by molar-refractivity contribution is -0.274. The van der Waals surface area contributed by atoms with Crippen LogP contribution in [0.2, 0.25) is 0 Å². The molecule has 2 aliphatic carbocycles. The fraction of sp³-hybridized carbons (Fsp3) is 0.625. The van der Waals surface area contributed by atoms with E-state index in [1.54, 1.807) is 0 Å². The first-order chi connectivity index (χ1) is 8.69. The van der Waals surface area contributed by atoms with Crippen LogP contribution in [0.4, 0.5) is 0 Å². The maximum Gasteiger partial charge on any atom is 0.117 e. The highest BCUT2D eigenvalue weighted by molar-refractivity contribution is 5.14. The third-order valence-electron chi connectivity index (χ3n) is 4.17. The fourth-order valence-electron chi connectivity index (χ4n) is 2.82. The summed E-state index contributed by atoms with van der Waals surface area (Å²) >= 11 is 0. The summed E-state index contributed by atoms with van der Waals surface area (Å²) in [5, 5.41) is 8.96. The third-order valence-corrected chi connectivity index (χ3v) is 4.17. The highest BCUT2D eigenvalue weighted by Gasteiger charge is 2.22. The molecule has 0 heterocycles. The Balaban J connectivity index is 1.92. The second kappa shape index (κ2) is 6.35. The van der Waals surface area contributed by atoms with Crippen LogP contribution in [-0.4, -0.2) is 11.4 Å². The molecule has 2 rings (SSSR count). The van der Waals surface area contributed by atoms with Gasteiger partial charge in [0.1, 0.15) is 6.10 Å². The van der Waals surface area contributed by atoms with Gasteiger partial charge in [-0.1, -0.05) is 35.5 Å². The molecule has 2 heteroatoms. The molecule has 0 fully saturated rings. The molecule has 3 atom stereocenters. The average molecular weight is 248 g/mol. The molecule has 0 radical (unpaired) electrons. The first kappa shape index (κ1) is 13.6. The van der Waals surface area contributed by atoms with E-state index in [1.165, 1.54) is 24.0 Å². The Labute approximate surface area is 110 Å². The smallest absolute Gasteiger partial charge is 0.117 e. The van der Waals surface area contributed by atoms with E-state index in [1.807, 2.05) is 6.08 Å². The molecule has 3 unspecified atom stereocenters. The average Bonchev–Trinajstić information content (AvgIpc) is 2.39. The third kappa shape index (κ3) is 3.56. The van der Waals surface area contributed by atoms with Gasteiger partial charge in [-0.2, -0.15) is 0 Å². The minimum absolute atomic E-state index is 0.157. The van der Waals surface area contributed by atoms with E-state index in [9.17, 15) is 0 Å². The van der Waals surface area contributed by atoms with Crippen LogP contribution < -0.4 is 0 Å². The molecule has 2 nitrogen and oxygen atoms in total. The van der Waals surface area contributed by atoms with Gasteiger partial charge in [0.2, 0.25) is 0 Å². The van der Waals surface area contributed by atoms with Crippen molar-refractivity contribution < 1.29 is 10.1 Å². The van der Waals surface area contributed by atoms with Gasteiger partial charge >= 0.3 is 0 Å². The van der Waals surface area contributed by atoms with Gasteiger partial charge in [0, 0.05) is 5.92 Å². The fourth-order valence-corrected chi connectivity index (χ4v) is 2.82. The molecule has 0 bridgehead atoms. The normalized spacial score (nSPS) is 33.4. The molecule has 0 aromatic carbocycles. The summed E-state index contributed by atoms with van der Waals surface area (Å²) in [5.74, 6) is 0.991. The van der Waals surface area contributed by atoms with Crippen LogP contribution in [-0.2, 0) is 4.89 Å². The summed E-state index contributed by atoms with van der Waals surface area (Å²) in [4.78, 5) is 4.59. The molecule has 1 N–H and O–H groups in total. The summed E-state index contributed by atoms with van der Waals surface area (Å²) in [7, 11) is 0. The Morgan fingerprint density at radius 2 is 1.94 bits per heavy atom. The quantitative estimate of drug-likeness (QED) is 0.452. The first-order valence-electron chi connectivity index (χ1n) is 7.00. The molecule has 0 spiro atoms. The van der Waals surface area contributed by atoms with Gasteiger partial charge in [-0.05, 0) is 51.9 Å². The highest BCUT2D eigenvalue weighted by atomic mass is 17.1. The number of hydrogen-bond acceptors (Lipinski definition) is 2. The van der Waals surface area contributed by atoms with Gasteiger partial charge in [0.25, 0.3) is 0 Å². The lowest BCUT2D eigenvalue weighted by atomic mass is 9.85. The molecule has 0 aliphatic heterocycles. The lowest BCUT2D eigenvalue weighted by Crippen LogP contribution is -2.23. The predicted molar refractivity (Wildman–Crippen MR) is 74.2 cm³/mol.